The molecule has 3 rings (SSSR count). The molecule has 1 unspecified atom stereocenters. The number of hydrogen-bond donors (Lipinski definition) is 2. The summed E-state index contributed by atoms with van der Waals surface area (Å²) in [7, 11) is -3.38. The van der Waals surface area contributed by atoms with Crippen LogP contribution in [0.3, 0.4) is 0 Å². The second kappa shape index (κ2) is 7.96. The largest absolute Gasteiger partial charge is 0.473 e. The second-order valence-electron chi connectivity index (χ2n) is 5.90. The maximum atomic E-state index is 12.3. The number of rotatable bonds is 6. The number of benzene rings is 1. The highest BCUT2D eigenvalue weighted by Crippen LogP contribution is 2.22. The van der Waals surface area contributed by atoms with Gasteiger partial charge in [-0.15, -0.1) is 0 Å². The van der Waals surface area contributed by atoms with E-state index in [1.807, 2.05) is 11.8 Å². The third-order valence-corrected chi connectivity index (χ3v) is 5.34. The van der Waals surface area contributed by atoms with Gasteiger partial charge in [0.15, 0.2) is 0 Å². The lowest BCUT2D eigenvalue weighted by Crippen LogP contribution is -2.16. The topological polar surface area (TPSA) is 97.4 Å². The van der Waals surface area contributed by atoms with Crippen molar-refractivity contribution in [2.75, 3.05) is 27.8 Å². The van der Waals surface area contributed by atoms with E-state index in [1.54, 1.807) is 36.4 Å². The fourth-order valence-corrected chi connectivity index (χ4v) is 4.09. The van der Waals surface area contributed by atoms with Crippen LogP contribution in [0.4, 0.5) is 11.4 Å². The van der Waals surface area contributed by atoms with Gasteiger partial charge >= 0.3 is 0 Å². The molecule has 2 aromatic rings. The normalized spacial score (nSPS) is 16.9. The number of thioether (sulfide) groups is 1. The lowest BCUT2D eigenvalue weighted by Gasteiger charge is -2.12. The van der Waals surface area contributed by atoms with Gasteiger partial charge in [0.1, 0.15) is 6.10 Å². The summed E-state index contributed by atoms with van der Waals surface area (Å²) in [5, 5.41) is 2.72. The Morgan fingerprint density at radius 3 is 2.73 bits per heavy atom. The highest BCUT2D eigenvalue weighted by Gasteiger charge is 2.17. The van der Waals surface area contributed by atoms with Crippen LogP contribution >= 0.6 is 11.8 Å². The van der Waals surface area contributed by atoms with Crippen molar-refractivity contribution in [2.45, 2.75) is 12.5 Å². The maximum Gasteiger partial charge on any atom is 0.257 e. The van der Waals surface area contributed by atoms with E-state index >= 15 is 0 Å². The van der Waals surface area contributed by atoms with Crippen LogP contribution in [0.2, 0.25) is 0 Å². The maximum absolute atomic E-state index is 12.3. The number of amides is 1. The molecule has 1 aliphatic rings. The lowest BCUT2D eigenvalue weighted by molar-refractivity contribution is 0.102. The monoisotopic (exact) mass is 393 g/mol. The molecule has 138 valence electrons. The number of nitrogens with zero attached hydrogens (tertiary/aromatic N) is 1. The summed E-state index contributed by atoms with van der Waals surface area (Å²) in [6.45, 7) is 0. The molecule has 7 nitrogen and oxygen atoms in total. The number of carbonyl (C=O) groups is 1. The van der Waals surface area contributed by atoms with Gasteiger partial charge in [0.05, 0.1) is 17.5 Å². The van der Waals surface area contributed by atoms with Gasteiger partial charge in [-0.05, 0) is 36.4 Å². The Morgan fingerprint density at radius 2 is 2.08 bits per heavy atom. The number of hydrogen-bond acceptors (Lipinski definition) is 6. The fraction of sp³-hybridized carbons (Fsp3) is 0.294. The molecule has 0 aliphatic carbocycles. The molecule has 1 fully saturated rings. The fourth-order valence-electron chi connectivity index (χ4n) is 2.44. The van der Waals surface area contributed by atoms with E-state index in [1.165, 1.54) is 6.20 Å². The molecule has 2 heterocycles. The minimum absolute atomic E-state index is 0.178. The van der Waals surface area contributed by atoms with E-state index < -0.39 is 10.0 Å². The molecule has 1 atom stereocenters. The standard InChI is InChI=1S/C17H19N3O4S2/c1-26(22,23)20-14-4-2-3-13(9-14)19-17(21)12-5-6-16(18-10-12)24-15-7-8-25-11-15/h2-6,9-10,15,20H,7-8,11H2,1H3,(H,19,21). The van der Waals surface area contributed by atoms with Crippen molar-refractivity contribution in [3.8, 4) is 5.88 Å². The number of ether oxygens (including phenoxy) is 1. The summed E-state index contributed by atoms with van der Waals surface area (Å²) < 4.78 is 30.7. The number of carbonyl (C=O) groups excluding carboxylic acids is 1. The Morgan fingerprint density at radius 1 is 1.27 bits per heavy atom. The molecule has 0 radical (unpaired) electrons. The molecule has 1 aliphatic heterocycles. The molecular weight excluding hydrogens is 374 g/mol. The second-order valence-corrected chi connectivity index (χ2v) is 8.80. The molecule has 1 saturated heterocycles. The van der Waals surface area contributed by atoms with Crippen LogP contribution in [0, 0.1) is 0 Å². The summed E-state index contributed by atoms with van der Waals surface area (Å²) in [4.78, 5) is 16.5. The molecule has 1 aromatic carbocycles. The third-order valence-electron chi connectivity index (χ3n) is 3.60. The van der Waals surface area contributed by atoms with Crippen molar-refractivity contribution < 1.29 is 17.9 Å². The van der Waals surface area contributed by atoms with Crippen molar-refractivity contribution in [2.24, 2.45) is 0 Å². The van der Waals surface area contributed by atoms with Gasteiger partial charge in [-0.25, -0.2) is 13.4 Å². The molecule has 0 saturated carbocycles. The van der Waals surface area contributed by atoms with E-state index in [0.717, 1.165) is 24.2 Å². The number of nitrogens with one attached hydrogen (secondary N) is 2. The Labute approximate surface area is 156 Å². The lowest BCUT2D eigenvalue weighted by atomic mass is 10.2. The summed E-state index contributed by atoms with van der Waals surface area (Å²) in [5.41, 5.74) is 1.24. The smallest absolute Gasteiger partial charge is 0.257 e. The predicted octanol–water partition coefficient (Wildman–Crippen LogP) is 2.59. The molecule has 2 N–H and O–H groups in total. The van der Waals surface area contributed by atoms with Gasteiger partial charge in [0.2, 0.25) is 15.9 Å². The Kier molecular flexibility index (Phi) is 5.67. The zero-order valence-electron chi connectivity index (χ0n) is 14.1. The van der Waals surface area contributed by atoms with Crippen molar-refractivity contribution in [1.82, 2.24) is 4.98 Å². The van der Waals surface area contributed by atoms with Gasteiger partial charge in [-0.1, -0.05) is 6.07 Å². The van der Waals surface area contributed by atoms with E-state index in [-0.39, 0.29) is 12.0 Å². The van der Waals surface area contributed by atoms with E-state index in [2.05, 4.69) is 15.0 Å². The van der Waals surface area contributed by atoms with Crippen molar-refractivity contribution in [3.05, 3.63) is 48.2 Å². The summed E-state index contributed by atoms with van der Waals surface area (Å²) in [6.07, 6.45) is 3.72. The summed E-state index contributed by atoms with van der Waals surface area (Å²) in [5.74, 6) is 2.23. The highest BCUT2D eigenvalue weighted by atomic mass is 32.2. The molecule has 1 aromatic heterocycles. The van der Waals surface area contributed by atoms with E-state index in [0.29, 0.717) is 22.8 Å². The number of aromatic nitrogens is 1. The van der Waals surface area contributed by atoms with Gasteiger partial charge in [-0.2, -0.15) is 11.8 Å². The van der Waals surface area contributed by atoms with E-state index in [4.69, 9.17) is 4.74 Å². The van der Waals surface area contributed by atoms with Crippen LogP contribution in [0.25, 0.3) is 0 Å². The first-order valence-corrected chi connectivity index (χ1v) is 11.0. The molecule has 26 heavy (non-hydrogen) atoms. The number of sulfonamides is 1. The van der Waals surface area contributed by atoms with Crippen LogP contribution < -0.4 is 14.8 Å². The molecule has 0 bridgehead atoms. The highest BCUT2D eigenvalue weighted by molar-refractivity contribution is 7.99. The van der Waals surface area contributed by atoms with Gasteiger partial charge in [0, 0.05) is 23.7 Å². The average Bonchev–Trinajstić information content (AvgIpc) is 3.07. The van der Waals surface area contributed by atoms with Crippen molar-refractivity contribution in [1.29, 1.82) is 0 Å². The Bertz CT molecular complexity index is 879. The van der Waals surface area contributed by atoms with Crippen molar-refractivity contribution >= 4 is 39.1 Å². The quantitative estimate of drug-likeness (QED) is 0.783. The molecular formula is C17H19N3O4S2. The molecule has 0 spiro atoms. The summed E-state index contributed by atoms with van der Waals surface area (Å²) >= 11 is 1.86. The Balaban J connectivity index is 1.63. The zero-order chi connectivity index (χ0) is 18.6. The number of pyridine rings is 1. The third kappa shape index (κ3) is 5.37. The number of anilines is 2. The van der Waals surface area contributed by atoms with Crippen LogP contribution in [0.15, 0.2) is 42.6 Å². The predicted molar refractivity (Wildman–Crippen MR) is 103 cm³/mol. The zero-order valence-corrected chi connectivity index (χ0v) is 15.8. The van der Waals surface area contributed by atoms with Crippen molar-refractivity contribution in [3.63, 3.8) is 0 Å². The molecule has 9 heteroatoms. The first-order valence-electron chi connectivity index (χ1n) is 7.99. The SMILES string of the molecule is CS(=O)(=O)Nc1cccc(NC(=O)c2ccc(OC3CCSC3)nc2)c1. The first kappa shape index (κ1) is 18.5. The van der Waals surface area contributed by atoms with Gasteiger partial charge in [-0.3, -0.25) is 9.52 Å². The minimum Gasteiger partial charge on any atom is -0.473 e. The van der Waals surface area contributed by atoms with Gasteiger partial charge in [0.25, 0.3) is 5.91 Å². The van der Waals surface area contributed by atoms with Crippen LogP contribution in [0.1, 0.15) is 16.8 Å². The van der Waals surface area contributed by atoms with Crippen LogP contribution in [-0.2, 0) is 10.0 Å². The molecule has 1 amide bonds. The van der Waals surface area contributed by atoms with Crippen LogP contribution in [0.5, 0.6) is 5.88 Å². The first-order chi connectivity index (χ1) is 12.4. The minimum atomic E-state index is -3.38. The Hall–Kier alpha value is -2.26. The average molecular weight is 393 g/mol. The van der Waals surface area contributed by atoms with E-state index in [9.17, 15) is 13.2 Å². The van der Waals surface area contributed by atoms with Gasteiger partial charge < -0.3 is 10.1 Å². The van der Waals surface area contributed by atoms with Crippen LogP contribution in [-0.4, -0.2) is 43.2 Å². The summed E-state index contributed by atoms with van der Waals surface area (Å²) in [6, 6.07) is 9.80.